The molecule has 1 aliphatic heterocycles. The van der Waals surface area contributed by atoms with Gasteiger partial charge in [-0.05, 0) is 25.1 Å². The summed E-state index contributed by atoms with van der Waals surface area (Å²) in [6.45, 7) is 5.73. The summed E-state index contributed by atoms with van der Waals surface area (Å²) in [5.74, 6) is 0.451. The van der Waals surface area contributed by atoms with Crippen LogP contribution < -0.4 is 19.5 Å². The van der Waals surface area contributed by atoms with E-state index in [4.69, 9.17) is 9.47 Å². The van der Waals surface area contributed by atoms with Gasteiger partial charge in [-0.25, -0.2) is 8.42 Å². The molecule has 0 aliphatic carbocycles. The Morgan fingerprint density at radius 1 is 1.21 bits per heavy atom. The molecule has 2 rings (SSSR count). The van der Waals surface area contributed by atoms with Crippen molar-refractivity contribution in [1.82, 2.24) is 14.9 Å². The monoisotopic (exact) mass is 435 g/mol. The number of rotatable bonds is 8. The maximum atomic E-state index is 12.9. The molecule has 0 bridgehead atoms. The molecule has 1 amide bonds. The molecule has 1 aromatic carbocycles. The average molecular weight is 436 g/mol. The summed E-state index contributed by atoms with van der Waals surface area (Å²) in [5, 5.41) is 2.97. The Bertz CT molecular complexity index is 758. The number of carbonyl (C=O) groups excluding carboxylic acids is 1. The fourth-order valence-electron chi connectivity index (χ4n) is 2.64. The van der Waals surface area contributed by atoms with E-state index in [0.717, 1.165) is 6.42 Å². The second-order valence-electron chi connectivity index (χ2n) is 6.87. The molecule has 28 heavy (non-hydrogen) atoms. The smallest absolute Gasteiger partial charge is 0.241 e. The number of nitrogens with zero attached hydrogens (tertiary/aromatic N) is 1. The molecule has 0 saturated heterocycles. The lowest BCUT2D eigenvalue weighted by atomic mass is 10.0. The predicted octanol–water partition coefficient (Wildman–Crippen LogP) is 1.25. The predicted molar refractivity (Wildman–Crippen MR) is 110 cm³/mol. The summed E-state index contributed by atoms with van der Waals surface area (Å²) in [6, 6.07) is 3.63. The largest absolute Gasteiger partial charge is 0.490 e. The number of fused-ring (bicyclic) bond motifs is 1. The number of ether oxygens (including phenoxy) is 2. The van der Waals surface area contributed by atoms with Crippen LogP contribution in [-0.4, -0.2) is 65.7 Å². The maximum Gasteiger partial charge on any atom is 0.241 e. The highest BCUT2D eigenvalue weighted by Crippen LogP contribution is 2.32. The van der Waals surface area contributed by atoms with Crippen LogP contribution in [0.1, 0.15) is 20.3 Å². The summed E-state index contributed by atoms with van der Waals surface area (Å²) in [6.07, 6.45) is 0.734. The third-order valence-corrected chi connectivity index (χ3v) is 5.76. The Morgan fingerprint density at radius 2 is 1.86 bits per heavy atom. The van der Waals surface area contributed by atoms with Gasteiger partial charge in [0.25, 0.3) is 0 Å². The van der Waals surface area contributed by atoms with Crippen molar-refractivity contribution in [1.29, 1.82) is 0 Å². The van der Waals surface area contributed by atoms with Crippen LogP contribution in [0.2, 0.25) is 0 Å². The minimum absolute atomic E-state index is 0. The molecule has 0 fully saturated rings. The molecule has 0 spiro atoms. The van der Waals surface area contributed by atoms with Crippen LogP contribution in [0.5, 0.6) is 11.5 Å². The molecule has 1 aromatic rings. The zero-order valence-corrected chi connectivity index (χ0v) is 18.4. The second-order valence-corrected chi connectivity index (χ2v) is 8.58. The number of sulfonamides is 1. The zero-order chi connectivity index (χ0) is 20.0. The van der Waals surface area contributed by atoms with Crippen LogP contribution in [0.3, 0.4) is 0 Å². The highest BCUT2D eigenvalue weighted by atomic mass is 35.5. The van der Waals surface area contributed by atoms with Crippen molar-refractivity contribution in [2.45, 2.75) is 31.2 Å². The second kappa shape index (κ2) is 10.8. The van der Waals surface area contributed by atoms with Crippen molar-refractivity contribution < 1.29 is 22.7 Å². The van der Waals surface area contributed by atoms with Crippen LogP contribution in [0.4, 0.5) is 0 Å². The van der Waals surface area contributed by atoms with Crippen molar-refractivity contribution in [2.75, 3.05) is 40.4 Å². The van der Waals surface area contributed by atoms with E-state index in [1.807, 2.05) is 13.8 Å². The first-order chi connectivity index (χ1) is 12.8. The lowest BCUT2D eigenvalue weighted by molar-refractivity contribution is -0.132. The quantitative estimate of drug-likeness (QED) is 0.637. The third-order valence-electron chi connectivity index (χ3n) is 4.32. The fraction of sp³-hybridized carbons (Fsp3) is 0.611. The fourth-order valence-corrected chi connectivity index (χ4v) is 4.00. The van der Waals surface area contributed by atoms with Crippen molar-refractivity contribution in [3.05, 3.63) is 18.2 Å². The van der Waals surface area contributed by atoms with Crippen LogP contribution in [0, 0.1) is 5.92 Å². The molecule has 160 valence electrons. The highest BCUT2D eigenvalue weighted by molar-refractivity contribution is 7.89. The lowest BCUT2D eigenvalue weighted by Crippen LogP contribution is -2.51. The Balaban J connectivity index is 0.00000392. The minimum Gasteiger partial charge on any atom is -0.490 e. The van der Waals surface area contributed by atoms with Gasteiger partial charge in [-0.3, -0.25) is 4.79 Å². The van der Waals surface area contributed by atoms with Crippen LogP contribution in [0.25, 0.3) is 0 Å². The van der Waals surface area contributed by atoms with E-state index >= 15 is 0 Å². The summed E-state index contributed by atoms with van der Waals surface area (Å²) in [5.41, 5.74) is 0. The molecule has 2 N–H and O–H groups in total. The zero-order valence-electron chi connectivity index (χ0n) is 16.7. The van der Waals surface area contributed by atoms with Crippen LogP contribution >= 0.6 is 12.4 Å². The van der Waals surface area contributed by atoms with E-state index in [-0.39, 0.29) is 29.1 Å². The van der Waals surface area contributed by atoms with Gasteiger partial charge in [-0.15, -0.1) is 12.4 Å². The summed E-state index contributed by atoms with van der Waals surface area (Å²) >= 11 is 0. The van der Waals surface area contributed by atoms with Gasteiger partial charge in [-0.2, -0.15) is 4.72 Å². The molecule has 1 aliphatic rings. The molecule has 0 aromatic heterocycles. The average Bonchev–Trinajstić information content (AvgIpc) is 2.88. The number of hydrogen-bond acceptors (Lipinski definition) is 6. The number of halogens is 1. The number of amides is 1. The molecule has 0 radical (unpaired) electrons. The van der Waals surface area contributed by atoms with Gasteiger partial charge in [0.2, 0.25) is 15.9 Å². The number of benzene rings is 1. The summed E-state index contributed by atoms with van der Waals surface area (Å²) in [7, 11) is -0.437. The molecule has 1 heterocycles. The molecular weight excluding hydrogens is 406 g/mol. The van der Waals surface area contributed by atoms with E-state index < -0.39 is 16.1 Å². The summed E-state index contributed by atoms with van der Waals surface area (Å²) < 4.78 is 39.4. The first-order valence-electron chi connectivity index (χ1n) is 9.08. The number of likely N-dealkylation sites (N-methyl/N-ethyl adjacent to an activating group) is 2. The standard InChI is InChI=1S/C18H29N3O5S.ClH/c1-13(2)17(18(22)21(4)9-8-19-3)20-27(23,24)14-6-7-15-16(12-14)26-11-5-10-25-15;/h6-7,12-13,17,19-20H,5,8-11H2,1-4H3;1H. The third kappa shape index (κ3) is 6.23. The normalized spacial score (nSPS) is 14.8. The Morgan fingerprint density at radius 3 is 2.46 bits per heavy atom. The van der Waals surface area contributed by atoms with Crippen molar-refractivity contribution >= 4 is 28.3 Å². The molecular formula is C18H30ClN3O5S. The van der Waals surface area contributed by atoms with Gasteiger partial charge in [-0.1, -0.05) is 13.8 Å². The molecule has 10 heteroatoms. The Kier molecular flexibility index (Phi) is 9.49. The van der Waals surface area contributed by atoms with E-state index in [1.165, 1.54) is 17.0 Å². The van der Waals surface area contributed by atoms with Crippen molar-refractivity contribution in [2.24, 2.45) is 5.92 Å². The van der Waals surface area contributed by atoms with E-state index in [2.05, 4.69) is 10.0 Å². The first-order valence-corrected chi connectivity index (χ1v) is 10.6. The van der Waals surface area contributed by atoms with Crippen LogP contribution in [-0.2, 0) is 14.8 Å². The van der Waals surface area contributed by atoms with Gasteiger partial charge in [0.15, 0.2) is 11.5 Å². The topological polar surface area (TPSA) is 97.0 Å². The molecule has 8 nitrogen and oxygen atoms in total. The van der Waals surface area contributed by atoms with Crippen LogP contribution in [0.15, 0.2) is 23.1 Å². The van der Waals surface area contributed by atoms with E-state index in [0.29, 0.717) is 37.8 Å². The van der Waals surface area contributed by atoms with Gasteiger partial charge in [0, 0.05) is 32.6 Å². The van der Waals surface area contributed by atoms with E-state index in [1.54, 1.807) is 20.2 Å². The molecule has 1 atom stereocenters. The molecule has 1 unspecified atom stereocenters. The first kappa shape index (κ1) is 24.5. The molecule has 0 saturated carbocycles. The Labute approximate surface area is 173 Å². The van der Waals surface area contributed by atoms with Gasteiger partial charge in [0.1, 0.15) is 6.04 Å². The number of nitrogens with one attached hydrogen (secondary N) is 2. The minimum atomic E-state index is -3.90. The van der Waals surface area contributed by atoms with Gasteiger partial charge >= 0.3 is 0 Å². The van der Waals surface area contributed by atoms with E-state index in [9.17, 15) is 13.2 Å². The maximum absolute atomic E-state index is 12.9. The van der Waals surface area contributed by atoms with Crippen molar-refractivity contribution in [3.8, 4) is 11.5 Å². The number of carbonyl (C=O) groups is 1. The highest BCUT2D eigenvalue weighted by Gasteiger charge is 2.31. The summed E-state index contributed by atoms with van der Waals surface area (Å²) in [4.78, 5) is 14.3. The SMILES string of the molecule is CNCCN(C)C(=O)C(NS(=O)(=O)c1ccc2c(c1)OCCCO2)C(C)C.Cl. The number of hydrogen-bond donors (Lipinski definition) is 2. The van der Waals surface area contributed by atoms with Crippen molar-refractivity contribution in [3.63, 3.8) is 0 Å². The lowest BCUT2D eigenvalue weighted by Gasteiger charge is -2.27. The van der Waals surface area contributed by atoms with Gasteiger partial charge in [0.05, 0.1) is 18.1 Å². The van der Waals surface area contributed by atoms with Gasteiger partial charge < -0.3 is 19.7 Å². The Hall–Kier alpha value is -1.55.